The molecule has 1 heterocycles. The summed E-state index contributed by atoms with van der Waals surface area (Å²) in [5.41, 5.74) is 0.741. The van der Waals surface area contributed by atoms with Gasteiger partial charge in [0.05, 0.1) is 0 Å². The molecule has 0 atom stereocenters. The van der Waals surface area contributed by atoms with Crippen LogP contribution < -0.4 is 5.32 Å². The predicted octanol–water partition coefficient (Wildman–Crippen LogP) is 1.72. The lowest BCUT2D eigenvalue weighted by Crippen LogP contribution is -2.31. The van der Waals surface area contributed by atoms with Crippen molar-refractivity contribution < 1.29 is 9.21 Å². The zero-order valence-corrected chi connectivity index (χ0v) is 10.1. The van der Waals surface area contributed by atoms with E-state index >= 15 is 0 Å². The van der Waals surface area contributed by atoms with Crippen LogP contribution in [0, 0.1) is 0 Å². The van der Waals surface area contributed by atoms with E-state index in [2.05, 4.69) is 5.32 Å². The zero-order valence-electron chi connectivity index (χ0n) is 10.1. The molecule has 17 heavy (non-hydrogen) atoms. The van der Waals surface area contributed by atoms with E-state index in [1.54, 1.807) is 6.07 Å². The molecule has 1 amide bonds. The van der Waals surface area contributed by atoms with Crippen molar-refractivity contribution in [3.05, 3.63) is 36.1 Å². The normalized spacial score (nSPS) is 11.0. The van der Waals surface area contributed by atoms with Crippen molar-refractivity contribution >= 4 is 16.9 Å². The van der Waals surface area contributed by atoms with E-state index in [9.17, 15) is 4.79 Å². The van der Waals surface area contributed by atoms with Crippen LogP contribution in [-0.4, -0.2) is 38.0 Å². The molecular weight excluding hydrogens is 216 g/mol. The molecule has 0 fully saturated rings. The van der Waals surface area contributed by atoms with E-state index in [1.807, 2.05) is 43.3 Å². The van der Waals surface area contributed by atoms with Gasteiger partial charge in [0.15, 0.2) is 5.76 Å². The minimum Gasteiger partial charge on any atom is -0.451 e. The second kappa shape index (κ2) is 5.01. The van der Waals surface area contributed by atoms with E-state index in [0.29, 0.717) is 12.3 Å². The van der Waals surface area contributed by atoms with Crippen molar-refractivity contribution in [2.24, 2.45) is 0 Å². The van der Waals surface area contributed by atoms with E-state index < -0.39 is 0 Å². The predicted molar refractivity (Wildman–Crippen MR) is 67.1 cm³/mol. The quantitative estimate of drug-likeness (QED) is 0.873. The van der Waals surface area contributed by atoms with Gasteiger partial charge in [-0.1, -0.05) is 18.2 Å². The highest BCUT2D eigenvalue weighted by atomic mass is 16.3. The van der Waals surface area contributed by atoms with Crippen LogP contribution >= 0.6 is 0 Å². The Labute approximate surface area is 100 Å². The van der Waals surface area contributed by atoms with Crippen LogP contribution in [0.3, 0.4) is 0 Å². The Kier molecular flexibility index (Phi) is 3.44. The molecule has 0 aliphatic carbocycles. The van der Waals surface area contributed by atoms with Crippen molar-refractivity contribution in [3.63, 3.8) is 0 Å². The number of benzene rings is 1. The van der Waals surface area contributed by atoms with E-state index in [1.165, 1.54) is 0 Å². The minimum absolute atomic E-state index is 0.164. The number of likely N-dealkylation sites (N-methyl/N-ethyl adjacent to an activating group) is 1. The Morgan fingerprint density at radius 2 is 2.12 bits per heavy atom. The van der Waals surface area contributed by atoms with Gasteiger partial charge in [0.1, 0.15) is 5.58 Å². The molecule has 0 saturated carbocycles. The summed E-state index contributed by atoms with van der Waals surface area (Å²) in [5.74, 6) is 0.202. The lowest BCUT2D eigenvalue weighted by atomic mass is 10.2. The first kappa shape index (κ1) is 11.7. The second-order valence-electron chi connectivity index (χ2n) is 4.21. The SMILES string of the molecule is CN(C)CCNC(=O)c1cc2ccccc2o1. The highest BCUT2D eigenvalue weighted by Crippen LogP contribution is 2.18. The minimum atomic E-state index is -0.164. The number of amides is 1. The van der Waals surface area contributed by atoms with Gasteiger partial charge in [0.25, 0.3) is 5.91 Å². The molecule has 0 bridgehead atoms. The third-order valence-electron chi connectivity index (χ3n) is 2.49. The summed E-state index contributed by atoms with van der Waals surface area (Å²) >= 11 is 0. The van der Waals surface area contributed by atoms with Crippen LogP contribution in [-0.2, 0) is 0 Å². The topological polar surface area (TPSA) is 45.5 Å². The summed E-state index contributed by atoms with van der Waals surface area (Å²) in [4.78, 5) is 13.8. The van der Waals surface area contributed by atoms with Crippen LogP contribution in [0.4, 0.5) is 0 Å². The van der Waals surface area contributed by atoms with E-state index in [4.69, 9.17) is 4.42 Å². The third kappa shape index (κ3) is 2.85. The standard InChI is InChI=1S/C13H16N2O2/c1-15(2)8-7-14-13(16)12-9-10-5-3-4-6-11(10)17-12/h3-6,9H,7-8H2,1-2H3,(H,14,16). The first-order chi connectivity index (χ1) is 8.16. The van der Waals surface area contributed by atoms with Crippen molar-refractivity contribution in [2.45, 2.75) is 0 Å². The molecule has 0 spiro atoms. The summed E-state index contributed by atoms with van der Waals surface area (Å²) in [6, 6.07) is 9.35. The van der Waals surface area contributed by atoms with Crippen LogP contribution in [0.2, 0.25) is 0 Å². The fraction of sp³-hybridized carbons (Fsp3) is 0.308. The number of rotatable bonds is 4. The molecule has 0 aliphatic rings. The van der Waals surface area contributed by atoms with Crippen molar-refractivity contribution in [2.75, 3.05) is 27.2 Å². The summed E-state index contributed by atoms with van der Waals surface area (Å²) in [7, 11) is 3.93. The zero-order chi connectivity index (χ0) is 12.3. The highest BCUT2D eigenvalue weighted by Gasteiger charge is 2.10. The van der Waals surface area contributed by atoms with Gasteiger partial charge in [-0.3, -0.25) is 4.79 Å². The molecule has 4 nitrogen and oxygen atoms in total. The Morgan fingerprint density at radius 1 is 1.35 bits per heavy atom. The smallest absolute Gasteiger partial charge is 0.287 e. The second-order valence-corrected chi connectivity index (χ2v) is 4.21. The van der Waals surface area contributed by atoms with Crippen LogP contribution in [0.25, 0.3) is 11.0 Å². The molecular formula is C13H16N2O2. The number of hydrogen-bond donors (Lipinski definition) is 1. The fourth-order valence-electron chi connectivity index (χ4n) is 1.57. The number of hydrogen-bond acceptors (Lipinski definition) is 3. The van der Waals surface area contributed by atoms with Crippen LogP contribution in [0.1, 0.15) is 10.6 Å². The Hall–Kier alpha value is -1.81. The molecule has 2 aromatic rings. The number of nitrogens with zero attached hydrogens (tertiary/aromatic N) is 1. The van der Waals surface area contributed by atoms with E-state index in [0.717, 1.165) is 17.5 Å². The molecule has 2 rings (SSSR count). The first-order valence-electron chi connectivity index (χ1n) is 5.58. The summed E-state index contributed by atoms with van der Waals surface area (Å²) in [5, 5.41) is 3.77. The number of furan rings is 1. The summed E-state index contributed by atoms with van der Waals surface area (Å²) in [6.07, 6.45) is 0. The molecule has 1 aromatic heterocycles. The largest absolute Gasteiger partial charge is 0.451 e. The average molecular weight is 232 g/mol. The Morgan fingerprint density at radius 3 is 2.82 bits per heavy atom. The summed E-state index contributed by atoms with van der Waals surface area (Å²) < 4.78 is 5.46. The van der Waals surface area contributed by atoms with Gasteiger partial charge in [-0.2, -0.15) is 0 Å². The third-order valence-corrected chi connectivity index (χ3v) is 2.49. The van der Waals surface area contributed by atoms with E-state index in [-0.39, 0.29) is 5.91 Å². The number of carbonyl (C=O) groups is 1. The average Bonchev–Trinajstić information content (AvgIpc) is 2.71. The maximum atomic E-state index is 11.8. The van der Waals surface area contributed by atoms with Gasteiger partial charge in [-0.25, -0.2) is 0 Å². The van der Waals surface area contributed by atoms with Gasteiger partial charge >= 0.3 is 0 Å². The number of carbonyl (C=O) groups excluding carboxylic acids is 1. The molecule has 0 radical (unpaired) electrons. The number of para-hydroxylation sites is 1. The molecule has 1 aromatic carbocycles. The lowest BCUT2D eigenvalue weighted by molar-refractivity contribution is 0.0925. The van der Waals surface area contributed by atoms with Crippen LogP contribution in [0.15, 0.2) is 34.7 Å². The molecule has 90 valence electrons. The maximum absolute atomic E-state index is 11.8. The highest BCUT2D eigenvalue weighted by molar-refractivity contribution is 5.96. The van der Waals surface area contributed by atoms with Gasteiger partial charge < -0.3 is 14.6 Å². The fourth-order valence-corrected chi connectivity index (χ4v) is 1.57. The van der Waals surface area contributed by atoms with Crippen molar-refractivity contribution in [3.8, 4) is 0 Å². The van der Waals surface area contributed by atoms with Gasteiger partial charge in [0, 0.05) is 18.5 Å². The molecule has 0 saturated heterocycles. The molecule has 4 heteroatoms. The van der Waals surface area contributed by atoms with Gasteiger partial charge in [0.2, 0.25) is 0 Å². The maximum Gasteiger partial charge on any atom is 0.287 e. The molecule has 0 aliphatic heterocycles. The molecule has 0 unspecified atom stereocenters. The number of fused-ring (bicyclic) bond motifs is 1. The molecule has 1 N–H and O–H groups in total. The van der Waals surface area contributed by atoms with Crippen molar-refractivity contribution in [1.82, 2.24) is 10.2 Å². The Balaban J connectivity index is 2.04. The lowest BCUT2D eigenvalue weighted by Gasteiger charge is -2.09. The van der Waals surface area contributed by atoms with Gasteiger partial charge in [-0.05, 0) is 26.2 Å². The first-order valence-corrected chi connectivity index (χ1v) is 5.58. The van der Waals surface area contributed by atoms with Crippen molar-refractivity contribution in [1.29, 1.82) is 0 Å². The van der Waals surface area contributed by atoms with Gasteiger partial charge in [-0.15, -0.1) is 0 Å². The monoisotopic (exact) mass is 232 g/mol. The van der Waals surface area contributed by atoms with Crippen LogP contribution in [0.5, 0.6) is 0 Å². The summed E-state index contributed by atoms with van der Waals surface area (Å²) in [6.45, 7) is 1.43. The Bertz CT molecular complexity index is 484. The number of nitrogens with one attached hydrogen (secondary N) is 1.